The maximum atomic E-state index is 12.9. The zero-order chi connectivity index (χ0) is 18.7. The molecule has 8 heteroatoms. The zero-order valence-electron chi connectivity index (χ0n) is 13.2. The number of hydrogen-bond acceptors (Lipinski definition) is 4. The van der Waals surface area contributed by atoms with Crippen LogP contribution in [0.2, 0.25) is 0 Å². The van der Waals surface area contributed by atoms with Crippen LogP contribution in [-0.2, 0) is 4.79 Å². The molecule has 2 aromatic carbocycles. The number of para-hydroxylation sites is 1. The maximum Gasteiger partial charge on any atom is 0.341 e. The van der Waals surface area contributed by atoms with E-state index in [2.05, 4.69) is 37.0 Å². The van der Waals surface area contributed by atoms with E-state index in [-0.39, 0.29) is 17.1 Å². The summed E-state index contributed by atoms with van der Waals surface area (Å²) in [6.07, 6.45) is 3.08. The first-order chi connectivity index (χ1) is 12.5. The number of ether oxygens (including phenoxy) is 1. The second-order valence-electron chi connectivity index (χ2n) is 5.28. The quantitative estimate of drug-likeness (QED) is 0.538. The molecule has 0 atom stereocenters. The third-order valence-electron chi connectivity index (χ3n) is 3.48. The monoisotopic (exact) mass is 478 g/mol. The van der Waals surface area contributed by atoms with Gasteiger partial charge in [0.2, 0.25) is 0 Å². The molecule has 0 radical (unpaired) electrons. The topological polar surface area (TPSA) is 81.4 Å². The Hall–Kier alpha value is -2.45. The second kappa shape index (κ2) is 7.84. The van der Waals surface area contributed by atoms with Crippen LogP contribution < -0.4 is 4.74 Å². The van der Waals surface area contributed by atoms with Crippen LogP contribution in [0.5, 0.6) is 5.75 Å². The van der Waals surface area contributed by atoms with Crippen LogP contribution >= 0.6 is 31.9 Å². The Kier molecular flexibility index (Phi) is 5.53. The summed E-state index contributed by atoms with van der Waals surface area (Å²) in [6, 6.07) is 12.3. The standard InChI is InChI=1S/C18H12Br2N2O4/c19-12-5-6-16(26-10-17(23)24)13(7-12)18(25)11-8-21-22(9-11)15-4-2-1-3-14(15)20/h1-9H,10H2,(H,23,24). The summed E-state index contributed by atoms with van der Waals surface area (Å²) in [4.78, 5) is 23.6. The molecule has 6 nitrogen and oxygen atoms in total. The minimum Gasteiger partial charge on any atom is -0.481 e. The number of rotatable bonds is 6. The highest BCUT2D eigenvalue weighted by molar-refractivity contribution is 9.10. The maximum absolute atomic E-state index is 12.9. The van der Waals surface area contributed by atoms with Crippen molar-refractivity contribution in [3.05, 3.63) is 74.9 Å². The fraction of sp³-hybridized carbons (Fsp3) is 0.0556. The van der Waals surface area contributed by atoms with E-state index in [0.717, 1.165) is 10.2 Å². The number of carbonyl (C=O) groups is 2. The molecule has 3 rings (SSSR count). The third-order valence-corrected chi connectivity index (χ3v) is 4.65. The minimum absolute atomic E-state index is 0.203. The van der Waals surface area contributed by atoms with E-state index in [9.17, 15) is 9.59 Å². The summed E-state index contributed by atoms with van der Waals surface area (Å²) < 4.78 is 8.35. The summed E-state index contributed by atoms with van der Waals surface area (Å²) in [5, 5.41) is 13.0. The average molecular weight is 480 g/mol. The molecule has 0 fully saturated rings. The smallest absolute Gasteiger partial charge is 0.341 e. The lowest BCUT2D eigenvalue weighted by atomic mass is 10.1. The Morgan fingerprint density at radius 1 is 1.15 bits per heavy atom. The van der Waals surface area contributed by atoms with E-state index in [1.54, 1.807) is 29.1 Å². The zero-order valence-corrected chi connectivity index (χ0v) is 16.4. The van der Waals surface area contributed by atoms with Gasteiger partial charge in [-0.2, -0.15) is 5.10 Å². The summed E-state index contributed by atoms with van der Waals surface area (Å²) in [5.74, 6) is -1.23. The molecule has 0 unspecified atom stereocenters. The van der Waals surface area contributed by atoms with Gasteiger partial charge in [0.1, 0.15) is 5.75 Å². The van der Waals surface area contributed by atoms with Crippen molar-refractivity contribution in [3.8, 4) is 11.4 Å². The van der Waals surface area contributed by atoms with Crippen molar-refractivity contribution in [3.63, 3.8) is 0 Å². The highest BCUT2D eigenvalue weighted by Gasteiger charge is 2.18. The summed E-state index contributed by atoms with van der Waals surface area (Å²) in [5.41, 5.74) is 1.41. The molecule has 0 aliphatic heterocycles. The number of nitrogens with zero attached hydrogens (tertiary/aromatic N) is 2. The number of carboxylic acid groups (broad SMARTS) is 1. The molecule has 0 aliphatic rings. The van der Waals surface area contributed by atoms with E-state index in [4.69, 9.17) is 9.84 Å². The van der Waals surface area contributed by atoms with Crippen LogP contribution in [0, 0.1) is 0 Å². The lowest BCUT2D eigenvalue weighted by Gasteiger charge is -2.09. The van der Waals surface area contributed by atoms with E-state index in [0.29, 0.717) is 10.0 Å². The molecular weight excluding hydrogens is 468 g/mol. The summed E-state index contributed by atoms with van der Waals surface area (Å²) >= 11 is 6.77. The largest absolute Gasteiger partial charge is 0.481 e. The Labute approximate surface area is 165 Å². The highest BCUT2D eigenvalue weighted by Crippen LogP contribution is 2.27. The molecular formula is C18H12Br2N2O4. The average Bonchev–Trinajstić information content (AvgIpc) is 3.10. The van der Waals surface area contributed by atoms with Gasteiger partial charge in [0.05, 0.1) is 23.0 Å². The van der Waals surface area contributed by atoms with Crippen molar-refractivity contribution < 1.29 is 19.4 Å². The number of hydrogen-bond donors (Lipinski definition) is 1. The lowest BCUT2D eigenvalue weighted by Crippen LogP contribution is -2.12. The van der Waals surface area contributed by atoms with Gasteiger partial charge in [-0.3, -0.25) is 4.79 Å². The van der Waals surface area contributed by atoms with Gasteiger partial charge >= 0.3 is 5.97 Å². The molecule has 0 aliphatic carbocycles. The Balaban J connectivity index is 1.94. The SMILES string of the molecule is O=C(O)COc1ccc(Br)cc1C(=O)c1cnn(-c2ccccc2Br)c1. The molecule has 0 saturated heterocycles. The van der Waals surface area contributed by atoms with Crippen LogP contribution in [0.25, 0.3) is 5.69 Å². The molecule has 1 aromatic heterocycles. The number of ketones is 1. The summed E-state index contributed by atoms with van der Waals surface area (Å²) in [6.45, 7) is -0.530. The number of carbonyl (C=O) groups excluding carboxylic acids is 1. The Bertz CT molecular complexity index is 985. The number of aliphatic carboxylic acids is 1. The Morgan fingerprint density at radius 2 is 1.92 bits per heavy atom. The van der Waals surface area contributed by atoms with Crippen molar-refractivity contribution in [1.82, 2.24) is 9.78 Å². The fourth-order valence-corrected chi connectivity index (χ4v) is 3.14. The normalized spacial score (nSPS) is 10.5. The first-order valence-electron chi connectivity index (χ1n) is 7.44. The van der Waals surface area contributed by atoms with Crippen molar-refractivity contribution in [2.75, 3.05) is 6.61 Å². The highest BCUT2D eigenvalue weighted by atomic mass is 79.9. The predicted molar refractivity (Wildman–Crippen MR) is 102 cm³/mol. The Morgan fingerprint density at radius 3 is 2.65 bits per heavy atom. The fourth-order valence-electron chi connectivity index (χ4n) is 2.31. The molecule has 0 saturated carbocycles. The molecule has 3 aromatic rings. The van der Waals surface area contributed by atoms with Crippen molar-refractivity contribution in [1.29, 1.82) is 0 Å². The minimum atomic E-state index is -1.12. The van der Waals surface area contributed by atoms with Crippen molar-refractivity contribution in [2.24, 2.45) is 0 Å². The molecule has 0 spiro atoms. The molecule has 1 heterocycles. The van der Waals surface area contributed by atoms with Gasteiger partial charge in [0, 0.05) is 15.1 Å². The number of benzene rings is 2. The van der Waals surface area contributed by atoms with Crippen LogP contribution in [0.3, 0.4) is 0 Å². The van der Waals surface area contributed by atoms with E-state index >= 15 is 0 Å². The van der Waals surface area contributed by atoms with Crippen LogP contribution in [0.15, 0.2) is 63.8 Å². The molecule has 0 bridgehead atoms. The first-order valence-corrected chi connectivity index (χ1v) is 9.02. The van der Waals surface area contributed by atoms with E-state index in [1.165, 1.54) is 6.20 Å². The van der Waals surface area contributed by atoms with Gasteiger partial charge in [0.25, 0.3) is 0 Å². The number of carboxylic acids is 1. The molecule has 0 amide bonds. The molecule has 26 heavy (non-hydrogen) atoms. The summed E-state index contributed by atoms with van der Waals surface area (Å²) in [7, 11) is 0. The van der Waals surface area contributed by atoms with Crippen molar-refractivity contribution in [2.45, 2.75) is 0 Å². The lowest BCUT2D eigenvalue weighted by molar-refractivity contribution is -0.139. The van der Waals surface area contributed by atoms with Crippen LogP contribution in [-0.4, -0.2) is 33.2 Å². The number of halogens is 2. The first kappa shape index (κ1) is 18.3. The molecule has 1 N–H and O–H groups in total. The molecule has 132 valence electrons. The van der Waals surface area contributed by atoms with Gasteiger partial charge < -0.3 is 9.84 Å². The van der Waals surface area contributed by atoms with E-state index < -0.39 is 12.6 Å². The van der Waals surface area contributed by atoms with Gasteiger partial charge in [-0.15, -0.1) is 0 Å². The van der Waals surface area contributed by atoms with Gasteiger partial charge in [-0.1, -0.05) is 28.1 Å². The van der Waals surface area contributed by atoms with Crippen LogP contribution in [0.4, 0.5) is 0 Å². The van der Waals surface area contributed by atoms with E-state index in [1.807, 2.05) is 24.3 Å². The van der Waals surface area contributed by atoms with Gasteiger partial charge in [-0.05, 0) is 46.3 Å². The van der Waals surface area contributed by atoms with Gasteiger partial charge in [-0.25, -0.2) is 9.48 Å². The number of aromatic nitrogens is 2. The van der Waals surface area contributed by atoms with Crippen molar-refractivity contribution >= 4 is 43.6 Å². The third kappa shape index (κ3) is 4.03. The van der Waals surface area contributed by atoms with Gasteiger partial charge in [0.15, 0.2) is 12.4 Å². The van der Waals surface area contributed by atoms with Crippen LogP contribution in [0.1, 0.15) is 15.9 Å². The predicted octanol–water partition coefficient (Wildman–Crippen LogP) is 4.09. The second-order valence-corrected chi connectivity index (χ2v) is 7.05.